The molecule has 0 saturated carbocycles. The van der Waals surface area contributed by atoms with Gasteiger partial charge in [-0.25, -0.2) is 0 Å². The van der Waals surface area contributed by atoms with Gasteiger partial charge in [0.1, 0.15) is 0 Å². The Morgan fingerprint density at radius 1 is 1.38 bits per heavy atom. The maximum absolute atomic E-state index is 12.3. The van der Waals surface area contributed by atoms with Gasteiger partial charge in [-0.15, -0.1) is 0 Å². The molecule has 5 heteroatoms. The number of hydrogen-bond acceptors (Lipinski definition) is 3. The number of halogens is 1. The van der Waals surface area contributed by atoms with Gasteiger partial charge in [0, 0.05) is 5.69 Å². The Kier molecular flexibility index (Phi) is 2.97. The second kappa shape index (κ2) is 4.20. The van der Waals surface area contributed by atoms with Crippen molar-refractivity contribution in [3.05, 3.63) is 30.3 Å². The highest BCUT2D eigenvalue weighted by Gasteiger charge is 2.10. The average molecular weight is 182 g/mol. The Balaban J connectivity index is 2.66. The van der Waals surface area contributed by atoms with Crippen molar-refractivity contribution in [2.24, 2.45) is 5.16 Å². The number of anilines is 1. The SMILES string of the molecule is O=C(Nc1ccccc1)/C(F)=N/O. The molecule has 0 bridgehead atoms. The lowest BCUT2D eigenvalue weighted by Gasteiger charge is -2.00. The maximum Gasteiger partial charge on any atom is 0.314 e. The van der Waals surface area contributed by atoms with Crippen LogP contribution in [0.1, 0.15) is 0 Å². The van der Waals surface area contributed by atoms with Gasteiger partial charge in [-0.3, -0.25) is 4.79 Å². The fourth-order valence-corrected chi connectivity index (χ4v) is 0.750. The second-order valence-corrected chi connectivity index (χ2v) is 2.21. The molecule has 1 aromatic carbocycles. The third-order valence-corrected chi connectivity index (χ3v) is 1.31. The van der Waals surface area contributed by atoms with Gasteiger partial charge in [-0.2, -0.15) is 4.39 Å². The first-order valence-corrected chi connectivity index (χ1v) is 3.48. The van der Waals surface area contributed by atoms with Crippen LogP contribution in [0.3, 0.4) is 0 Å². The van der Waals surface area contributed by atoms with Crippen molar-refractivity contribution < 1.29 is 14.4 Å². The maximum atomic E-state index is 12.3. The number of rotatable bonds is 2. The first-order chi connectivity index (χ1) is 6.24. The second-order valence-electron chi connectivity index (χ2n) is 2.21. The van der Waals surface area contributed by atoms with Crippen LogP contribution in [0.4, 0.5) is 10.1 Å². The molecule has 0 aromatic heterocycles. The van der Waals surface area contributed by atoms with E-state index in [0.717, 1.165) is 0 Å². The van der Waals surface area contributed by atoms with Crippen molar-refractivity contribution in [2.45, 2.75) is 0 Å². The molecule has 4 nitrogen and oxygen atoms in total. The molecule has 0 unspecified atom stereocenters. The first kappa shape index (κ1) is 9.18. The Hall–Kier alpha value is -1.91. The Labute approximate surface area is 73.7 Å². The third kappa shape index (κ3) is 2.55. The van der Waals surface area contributed by atoms with E-state index in [1.807, 2.05) is 0 Å². The van der Waals surface area contributed by atoms with E-state index in [9.17, 15) is 9.18 Å². The van der Waals surface area contributed by atoms with E-state index in [-0.39, 0.29) is 0 Å². The van der Waals surface area contributed by atoms with Crippen molar-refractivity contribution in [2.75, 3.05) is 5.32 Å². The predicted molar refractivity (Wildman–Crippen MR) is 45.4 cm³/mol. The highest BCUT2D eigenvalue weighted by Crippen LogP contribution is 2.04. The zero-order valence-corrected chi connectivity index (χ0v) is 6.57. The number of para-hydroxylation sites is 1. The summed E-state index contributed by atoms with van der Waals surface area (Å²) in [5.74, 6) is -2.54. The Morgan fingerprint density at radius 3 is 2.54 bits per heavy atom. The number of amides is 1. The number of hydrogen-bond donors (Lipinski definition) is 2. The Morgan fingerprint density at radius 2 is 2.00 bits per heavy atom. The highest BCUT2D eigenvalue weighted by atomic mass is 19.1. The van der Waals surface area contributed by atoms with Gasteiger partial charge in [-0.05, 0) is 12.1 Å². The number of nitrogens with one attached hydrogen (secondary N) is 1. The van der Waals surface area contributed by atoms with Crippen molar-refractivity contribution in [1.82, 2.24) is 0 Å². The molecule has 0 radical (unpaired) electrons. The van der Waals surface area contributed by atoms with Crippen molar-refractivity contribution in [1.29, 1.82) is 0 Å². The highest BCUT2D eigenvalue weighted by molar-refractivity contribution is 6.39. The minimum Gasteiger partial charge on any atom is -0.408 e. The van der Waals surface area contributed by atoms with Crippen molar-refractivity contribution >= 4 is 17.6 Å². The third-order valence-electron chi connectivity index (χ3n) is 1.31. The molecule has 0 saturated heterocycles. The molecular formula is C8H7FN2O2. The van der Waals surface area contributed by atoms with E-state index in [4.69, 9.17) is 5.21 Å². The fraction of sp³-hybridized carbons (Fsp3) is 0. The van der Waals surface area contributed by atoms with E-state index in [1.54, 1.807) is 30.3 Å². The van der Waals surface area contributed by atoms with Gasteiger partial charge in [0.05, 0.1) is 0 Å². The molecule has 1 amide bonds. The summed E-state index contributed by atoms with van der Waals surface area (Å²) >= 11 is 0. The number of nitrogens with zero attached hydrogens (tertiary/aromatic N) is 1. The minimum atomic E-state index is -1.47. The van der Waals surface area contributed by atoms with E-state index < -0.39 is 11.9 Å². The molecule has 0 spiro atoms. The summed E-state index contributed by atoms with van der Waals surface area (Å²) in [4.78, 5) is 10.8. The minimum absolute atomic E-state index is 0.436. The molecule has 0 atom stereocenters. The Bertz CT molecular complexity index is 324. The van der Waals surface area contributed by atoms with E-state index in [2.05, 4.69) is 10.5 Å². The standard InChI is InChI=1S/C8H7FN2O2/c9-7(11-13)8(12)10-6-4-2-1-3-5-6/h1-5,13H,(H,10,12)/b11-7-. The average Bonchev–Trinajstić information content (AvgIpc) is 2.18. The monoisotopic (exact) mass is 182 g/mol. The zero-order chi connectivity index (χ0) is 9.68. The molecule has 0 aliphatic heterocycles. The lowest BCUT2D eigenvalue weighted by Crippen LogP contribution is -2.18. The number of carbonyl (C=O) groups excluding carboxylic acids is 1. The number of benzene rings is 1. The number of carbonyl (C=O) groups is 1. The quantitative estimate of drug-likeness (QED) is 0.412. The van der Waals surface area contributed by atoms with E-state index in [0.29, 0.717) is 5.69 Å². The lowest BCUT2D eigenvalue weighted by molar-refractivity contribution is -0.111. The smallest absolute Gasteiger partial charge is 0.314 e. The van der Waals surface area contributed by atoms with E-state index in [1.165, 1.54) is 0 Å². The molecule has 0 aliphatic rings. The summed E-state index contributed by atoms with van der Waals surface area (Å²) in [5, 5.41) is 12.2. The predicted octanol–water partition coefficient (Wildman–Crippen LogP) is 1.38. The van der Waals surface area contributed by atoms with Crippen molar-refractivity contribution in [3.63, 3.8) is 0 Å². The van der Waals surface area contributed by atoms with Crippen LogP contribution in [0.5, 0.6) is 0 Å². The van der Waals surface area contributed by atoms with Crippen LogP contribution in [0.2, 0.25) is 0 Å². The van der Waals surface area contributed by atoms with Gasteiger partial charge in [0.15, 0.2) is 0 Å². The molecule has 13 heavy (non-hydrogen) atoms. The molecule has 1 aromatic rings. The topological polar surface area (TPSA) is 61.7 Å². The molecular weight excluding hydrogens is 175 g/mol. The van der Waals surface area contributed by atoms with Crippen LogP contribution in [0.25, 0.3) is 0 Å². The van der Waals surface area contributed by atoms with Crippen LogP contribution in [-0.2, 0) is 4.79 Å². The normalized spacial score (nSPS) is 11.0. The molecule has 0 heterocycles. The van der Waals surface area contributed by atoms with Gasteiger partial charge in [0.2, 0.25) is 0 Å². The number of oxime groups is 1. The van der Waals surface area contributed by atoms with Gasteiger partial charge < -0.3 is 10.5 Å². The largest absolute Gasteiger partial charge is 0.408 e. The summed E-state index contributed by atoms with van der Waals surface area (Å²) < 4.78 is 12.3. The summed E-state index contributed by atoms with van der Waals surface area (Å²) in [5.41, 5.74) is 0.436. The van der Waals surface area contributed by atoms with Gasteiger partial charge >= 0.3 is 11.9 Å². The van der Waals surface area contributed by atoms with Crippen LogP contribution < -0.4 is 5.32 Å². The van der Waals surface area contributed by atoms with Crippen molar-refractivity contribution in [3.8, 4) is 0 Å². The van der Waals surface area contributed by atoms with Crippen LogP contribution in [0, 0.1) is 0 Å². The van der Waals surface area contributed by atoms with Crippen LogP contribution in [0.15, 0.2) is 35.5 Å². The van der Waals surface area contributed by atoms with Gasteiger partial charge in [0.25, 0.3) is 0 Å². The molecule has 2 N–H and O–H groups in total. The zero-order valence-electron chi connectivity index (χ0n) is 6.57. The summed E-state index contributed by atoms with van der Waals surface area (Å²) in [6, 6.07) is 8.30. The summed E-state index contributed by atoms with van der Waals surface area (Å²) in [6.45, 7) is 0. The molecule has 1 rings (SSSR count). The van der Waals surface area contributed by atoms with Gasteiger partial charge in [-0.1, -0.05) is 23.4 Å². The summed E-state index contributed by atoms with van der Waals surface area (Å²) in [7, 11) is 0. The lowest BCUT2D eigenvalue weighted by atomic mass is 10.3. The fourth-order valence-electron chi connectivity index (χ4n) is 0.750. The molecule has 0 fully saturated rings. The first-order valence-electron chi connectivity index (χ1n) is 3.48. The molecule has 0 aliphatic carbocycles. The molecule has 68 valence electrons. The van der Waals surface area contributed by atoms with Crippen LogP contribution in [-0.4, -0.2) is 17.1 Å². The van der Waals surface area contributed by atoms with Crippen LogP contribution >= 0.6 is 0 Å². The van der Waals surface area contributed by atoms with E-state index >= 15 is 0 Å². The summed E-state index contributed by atoms with van der Waals surface area (Å²) in [6.07, 6.45) is 0.